The van der Waals surface area contributed by atoms with Crippen molar-refractivity contribution < 1.29 is 9.69 Å². The average molecular weight is 360 g/mol. The summed E-state index contributed by atoms with van der Waals surface area (Å²) in [4.78, 5) is 13.7. The van der Waals surface area contributed by atoms with E-state index in [0.29, 0.717) is 6.42 Å². The van der Waals surface area contributed by atoms with E-state index in [2.05, 4.69) is 40.9 Å². The summed E-state index contributed by atoms with van der Waals surface area (Å²) in [5, 5.41) is 8.92. The Bertz CT molecular complexity index is 920. The first-order valence-corrected chi connectivity index (χ1v) is 9.87. The van der Waals surface area contributed by atoms with E-state index in [0.717, 1.165) is 22.9 Å². The summed E-state index contributed by atoms with van der Waals surface area (Å²) in [6.07, 6.45) is 6.21. The Morgan fingerprint density at radius 3 is 2.26 bits per heavy atom. The Kier molecular flexibility index (Phi) is 5.45. The van der Waals surface area contributed by atoms with Crippen LogP contribution in [0.15, 0.2) is 59.7 Å². The highest BCUT2D eigenvalue weighted by Crippen LogP contribution is 2.27. The summed E-state index contributed by atoms with van der Waals surface area (Å²) in [5.41, 5.74) is 3.76. The first kappa shape index (κ1) is 17.7. The van der Waals surface area contributed by atoms with E-state index in [1.807, 2.05) is 24.3 Å². The van der Waals surface area contributed by atoms with Gasteiger partial charge in [0, 0.05) is 5.56 Å². The van der Waals surface area contributed by atoms with Crippen LogP contribution in [-0.4, -0.2) is 31.8 Å². The highest BCUT2D eigenvalue weighted by molar-refractivity contribution is 6.13. The van der Waals surface area contributed by atoms with Gasteiger partial charge in [-0.25, -0.2) is 5.43 Å². The van der Waals surface area contributed by atoms with Gasteiger partial charge in [0.15, 0.2) is 0 Å². The minimum Gasteiger partial charge on any atom is -0.335 e. The second-order valence-electron chi connectivity index (χ2n) is 7.34. The van der Waals surface area contributed by atoms with Gasteiger partial charge < -0.3 is 4.90 Å². The first-order chi connectivity index (χ1) is 13.3. The van der Waals surface area contributed by atoms with Crippen molar-refractivity contribution in [2.45, 2.75) is 25.7 Å². The van der Waals surface area contributed by atoms with Crippen LogP contribution in [0.3, 0.4) is 0 Å². The Labute approximate surface area is 159 Å². The Morgan fingerprint density at radius 2 is 1.59 bits per heavy atom. The number of carbonyl (C=O) groups is 1. The van der Waals surface area contributed by atoms with Gasteiger partial charge in [0.25, 0.3) is 0 Å². The van der Waals surface area contributed by atoms with Crippen LogP contribution in [0.2, 0.25) is 0 Å². The number of hydrazone groups is 1. The van der Waals surface area contributed by atoms with Gasteiger partial charge in [-0.2, -0.15) is 5.10 Å². The maximum absolute atomic E-state index is 12.2. The number of hydrogen-bond acceptors (Lipinski definition) is 2. The molecular weight excluding hydrogens is 334 g/mol. The van der Waals surface area contributed by atoms with Crippen LogP contribution >= 0.6 is 0 Å². The van der Waals surface area contributed by atoms with Crippen LogP contribution in [-0.2, 0) is 4.79 Å². The molecule has 0 spiro atoms. The highest BCUT2D eigenvalue weighted by Gasteiger charge is 2.14. The number of nitrogens with one attached hydrogen (secondary N) is 2. The van der Waals surface area contributed by atoms with Gasteiger partial charge >= 0.3 is 0 Å². The van der Waals surface area contributed by atoms with Crippen LogP contribution in [0.25, 0.3) is 21.5 Å². The van der Waals surface area contributed by atoms with Crippen molar-refractivity contribution in [3.05, 3.63) is 60.2 Å². The van der Waals surface area contributed by atoms with Gasteiger partial charge in [-0.05, 0) is 46.9 Å². The molecule has 1 heterocycles. The minimum absolute atomic E-state index is 0.00568. The number of nitrogens with zero attached hydrogens (tertiary/aromatic N) is 1. The standard InChI is InChI=1S/C23H25N3O/c27-23(12-15-26-13-6-1-7-14-26)25-24-17-22-20-10-4-2-8-18(20)16-19-9-3-5-11-21(19)22/h2-5,8-11,16-17H,1,6-7,12-15H2,(H,25,27)/p+1/b24-17-. The third kappa shape index (κ3) is 4.17. The van der Waals surface area contributed by atoms with Crippen LogP contribution in [0.5, 0.6) is 0 Å². The summed E-state index contributed by atoms with van der Waals surface area (Å²) in [6.45, 7) is 3.29. The molecule has 1 aliphatic heterocycles. The molecular formula is C23H26N3O+. The fourth-order valence-corrected chi connectivity index (χ4v) is 4.00. The number of likely N-dealkylation sites (tertiary alicyclic amines) is 1. The number of piperidine rings is 1. The molecule has 1 aliphatic rings. The fraction of sp³-hybridized carbons (Fsp3) is 0.304. The average Bonchev–Trinajstić information content (AvgIpc) is 2.72. The molecule has 1 saturated heterocycles. The van der Waals surface area contributed by atoms with Crippen LogP contribution < -0.4 is 10.3 Å². The molecule has 0 aromatic heterocycles. The zero-order valence-corrected chi connectivity index (χ0v) is 15.6. The Balaban J connectivity index is 1.49. The summed E-state index contributed by atoms with van der Waals surface area (Å²) >= 11 is 0. The molecule has 3 aromatic rings. The van der Waals surface area contributed by atoms with Crippen LogP contribution in [0.4, 0.5) is 0 Å². The third-order valence-electron chi connectivity index (χ3n) is 5.46. The molecule has 4 heteroatoms. The molecule has 4 nitrogen and oxygen atoms in total. The van der Waals surface area contributed by atoms with Crippen molar-refractivity contribution in [1.29, 1.82) is 0 Å². The molecule has 138 valence electrons. The molecule has 3 aromatic carbocycles. The lowest BCUT2D eigenvalue weighted by atomic mass is 9.97. The number of quaternary nitrogens is 1. The highest BCUT2D eigenvalue weighted by atomic mass is 16.2. The van der Waals surface area contributed by atoms with Crippen molar-refractivity contribution in [3.63, 3.8) is 0 Å². The maximum Gasteiger partial charge on any atom is 0.245 e. The van der Waals surface area contributed by atoms with E-state index >= 15 is 0 Å². The van der Waals surface area contributed by atoms with Gasteiger partial charge in [-0.15, -0.1) is 0 Å². The molecule has 0 aliphatic carbocycles. The molecule has 0 radical (unpaired) electrons. The topological polar surface area (TPSA) is 45.9 Å². The van der Waals surface area contributed by atoms with Crippen LogP contribution in [0, 0.1) is 0 Å². The van der Waals surface area contributed by atoms with Crippen molar-refractivity contribution in [2.24, 2.45) is 5.10 Å². The monoisotopic (exact) mass is 360 g/mol. The summed E-state index contributed by atoms with van der Waals surface area (Å²) in [5.74, 6) is -0.00568. The first-order valence-electron chi connectivity index (χ1n) is 9.87. The van der Waals surface area contributed by atoms with Crippen molar-refractivity contribution >= 4 is 33.7 Å². The lowest BCUT2D eigenvalue weighted by molar-refractivity contribution is -0.904. The van der Waals surface area contributed by atoms with E-state index in [4.69, 9.17) is 0 Å². The molecule has 0 unspecified atom stereocenters. The number of hydrogen-bond donors (Lipinski definition) is 2. The Hall–Kier alpha value is -2.72. The fourth-order valence-electron chi connectivity index (χ4n) is 4.00. The van der Waals surface area contributed by atoms with Gasteiger partial charge in [0.1, 0.15) is 0 Å². The quantitative estimate of drug-likeness (QED) is 0.410. The van der Waals surface area contributed by atoms with Gasteiger partial charge in [0.05, 0.1) is 32.3 Å². The summed E-state index contributed by atoms with van der Waals surface area (Å²) < 4.78 is 0. The number of fused-ring (bicyclic) bond motifs is 2. The lowest BCUT2D eigenvalue weighted by Gasteiger charge is -2.22. The molecule has 0 atom stereocenters. The van der Waals surface area contributed by atoms with E-state index in [9.17, 15) is 4.79 Å². The predicted octanol–water partition coefficient (Wildman–Crippen LogP) is 2.90. The molecule has 4 rings (SSSR count). The minimum atomic E-state index is -0.00568. The molecule has 27 heavy (non-hydrogen) atoms. The number of carbonyl (C=O) groups excluding carboxylic acids is 1. The number of rotatable bonds is 5. The van der Waals surface area contributed by atoms with Crippen LogP contribution in [0.1, 0.15) is 31.2 Å². The maximum atomic E-state index is 12.2. The summed E-state index contributed by atoms with van der Waals surface area (Å²) in [6, 6.07) is 18.8. The van der Waals surface area contributed by atoms with Gasteiger partial charge in [-0.1, -0.05) is 48.5 Å². The zero-order chi connectivity index (χ0) is 18.5. The Morgan fingerprint density at radius 1 is 0.963 bits per heavy atom. The normalized spacial score (nSPS) is 15.6. The number of amides is 1. The van der Waals surface area contributed by atoms with Crippen molar-refractivity contribution in [3.8, 4) is 0 Å². The van der Waals surface area contributed by atoms with E-state index in [-0.39, 0.29) is 5.91 Å². The number of benzene rings is 3. The second-order valence-corrected chi connectivity index (χ2v) is 7.34. The molecule has 1 amide bonds. The van der Waals surface area contributed by atoms with E-state index in [1.165, 1.54) is 43.1 Å². The molecule has 0 bridgehead atoms. The largest absolute Gasteiger partial charge is 0.335 e. The molecule has 1 fully saturated rings. The van der Waals surface area contributed by atoms with Gasteiger partial charge in [0.2, 0.25) is 5.91 Å². The summed E-state index contributed by atoms with van der Waals surface area (Å²) in [7, 11) is 0. The van der Waals surface area contributed by atoms with Crippen molar-refractivity contribution in [2.75, 3.05) is 19.6 Å². The van der Waals surface area contributed by atoms with Crippen molar-refractivity contribution in [1.82, 2.24) is 5.43 Å². The lowest BCUT2D eigenvalue weighted by Crippen LogP contribution is -3.12. The molecule has 2 N–H and O–H groups in total. The predicted molar refractivity (Wildman–Crippen MR) is 111 cm³/mol. The van der Waals surface area contributed by atoms with E-state index < -0.39 is 0 Å². The van der Waals surface area contributed by atoms with Gasteiger partial charge in [-0.3, -0.25) is 4.79 Å². The van der Waals surface area contributed by atoms with E-state index in [1.54, 1.807) is 11.1 Å². The molecule has 0 saturated carbocycles. The smallest absolute Gasteiger partial charge is 0.245 e. The third-order valence-corrected chi connectivity index (χ3v) is 5.46. The zero-order valence-electron chi connectivity index (χ0n) is 15.6. The SMILES string of the molecule is O=C(CC[NH+]1CCCCC1)N/N=C\c1c2ccccc2cc2ccccc12. The second kappa shape index (κ2) is 8.31.